The van der Waals surface area contributed by atoms with Crippen LogP contribution in [-0.2, 0) is 14.3 Å². The summed E-state index contributed by atoms with van der Waals surface area (Å²) in [6, 6.07) is 0. The Hall–Kier alpha value is -0.0900. The van der Waals surface area contributed by atoms with Crippen molar-refractivity contribution in [1.29, 1.82) is 0 Å². The van der Waals surface area contributed by atoms with Crippen LogP contribution >= 0.6 is 15.9 Å². The standard InChI is InChI=1S/C9H15BrO3/c10-6-2-1-4-8(11)13-9-5-3-7-12-9/h9H,1-7H2. The van der Waals surface area contributed by atoms with Gasteiger partial charge in [0.2, 0.25) is 6.29 Å². The highest BCUT2D eigenvalue weighted by Crippen LogP contribution is 2.14. The van der Waals surface area contributed by atoms with Crippen molar-refractivity contribution < 1.29 is 14.3 Å². The summed E-state index contributed by atoms with van der Waals surface area (Å²) in [5, 5.41) is 0.945. The van der Waals surface area contributed by atoms with Gasteiger partial charge in [-0.15, -0.1) is 0 Å². The molecule has 0 aromatic carbocycles. The summed E-state index contributed by atoms with van der Waals surface area (Å²) < 4.78 is 10.3. The minimum absolute atomic E-state index is 0.132. The van der Waals surface area contributed by atoms with Crippen LogP contribution in [0.25, 0.3) is 0 Å². The van der Waals surface area contributed by atoms with E-state index in [9.17, 15) is 4.79 Å². The molecule has 0 aromatic heterocycles. The fourth-order valence-electron chi connectivity index (χ4n) is 1.21. The number of carbonyl (C=O) groups excluding carboxylic acids is 1. The maximum absolute atomic E-state index is 11.2. The summed E-state index contributed by atoms with van der Waals surface area (Å²) in [7, 11) is 0. The van der Waals surface area contributed by atoms with Crippen LogP contribution in [0.3, 0.4) is 0 Å². The smallest absolute Gasteiger partial charge is 0.308 e. The Kier molecular flexibility index (Phi) is 5.39. The van der Waals surface area contributed by atoms with E-state index in [1.165, 1.54) is 0 Å². The first kappa shape index (κ1) is 11.0. The molecule has 0 spiro atoms. The zero-order chi connectivity index (χ0) is 9.52. The molecule has 1 saturated heterocycles. The monoisotopic (exact) mass is 250 g/mol. The van der Waals surface area contributed by atoms with E-state index in [-0.39, 0.29) is 12.3 Å². The Morgan fingerprint density at radius 1 is 1.54 bits per heavy atom. The topological polar surface area (TPSA) is 35.5 Å². The molecule has 0 aromatic rings. The van der Waals surface area contributed by atoms with Gasteiger partial charge in [0, 0.05) is 18.2 Å². The molecule has 0 N–H and O–H groups in total. The van der Waals surface area contributed by atoms with Crippen LogP contribution in [0.15, 0.2) is 0 Å². The molecule has 0 radical (unpaired) electrons. The summed E-state index contributed by atoms with van der Waals surface area (Å²) in [4.78, 5) is 11.2. The summed E-state index contributed by atoms with van der Waals surface area (Å²) in [6.45, 7) is 0.722. The Labute approximate surface area is 86.9 Å². The molecule has 1 rings (SSSR count). The maximum atomic E-state index is 11.2. The average molecular weight is 251 g/mol. The molecule has 1 aliphatic rings. The molecule has 76 valence electrons. The number of ether oxygens (including phenoxy) is 2. The van der Waals surface area contributed by atoms with Crippen molar-refractivity contribution >= 4 is 21.9 Å². The van der Waals surface area contributed by atoms with Gasteiger partial charge in [-0.25, -0.2) is 0 Å². The summed E-state index contributed by atoms with van der Waals surface area (Å²) >= 11 is 3.31. The van der Waals surface area contributed by atoms with Crippen molar-refractivity contribution in [3.8, 4) is 0 Å². The first-order chi connectivity index (χ1) is 6.33. The predicted molar refractivity (Wildman–Crippen MR) is 52.7 cm³/mol. The predicted octanol–water partition coefficient (Wildman–Crippen LogP) is 2.23. The van der Waals surface area contributed by atoms with Gasteiger partial charge in [-0.1, -0.05) is 15.9 Å². The van der Waals surface area contributed by atoms with Crippen molar-refractivity contribution in [3.05, 3.63) is 0 Å². The molecule has 1 fully saturated rings. The third-order valence-electron chi connectivity index (χ3n) is 1.92. The molecular weight excluding hydrogens is 236 g/mol. The lowest BCUT2D eigenvalue weighted by atomic mass is 10.2. The van der Waals surface area contributed by atoms with E-state index in [0.717, 1.165) is 37.6 Å². The van der Waals surface area contributed by atoms with Crippen molar-refractivity contribution in [1.82, 2.24) is 0 Å². The molecule has 0 amide bonds. The first-order valence-electron chi connectivity index (χ1n) is 4.70. The molecule has 1 heterocycles. The third-order valence-corrected chi connectivity index (χ3v) is 2.48. The van der Waals surface area contributed by atoms with Crippen molar-refractivity contribution in [2.45, 2.75) is 38.4 Å². The minimum Gasteiger partial charge on any atom is -0.436 e. The van der Waals surface area contributed by atoms with Gasteiger partial charge in [0.1, 0.15) is 0 Å². The van der Waals surface area contributed by atoms with Crippen molar-refractivity contribution in [2.75, 3.05) is 11.9 Å². The van der Waals surface area contributed by atoms with Gasteiger partial charge in [-0.3, -0.25) is 4.79 Å². The van der Waals surface area contributed by atoms with Crippen LogP contribution < -0.4 is 0 Å². The number of carbonyl (C=O) groups is 1. The quantitative estimate of drug-likeness (QED) is 0.427. The van der Waals surface area contributed by atoms with E-state index in [0.29, 0.717) is 6.42 Å². The number of halogens is 1. The highest BCUT2D eigenvalue weighted by molar-refractivity contribution is 9.09. The Bertz CT molecular complexity index is 155. The molecule has 3 nitrogen and oxygen atoms in total. The van der Waals surface area contributed by atoms with Gasteiger partial charge in [-0.2, -0.15) is 0 Å². The molecule has 0 bridgehead atoms. The van der Waals surface area contributed by atoms with Crippen LogP contribution in [-0.4, -0.2) is 24.2 Å². The van der Waals surface area contributed by atoms with Gasteiger partial charge >= 0.3 is 5.97 Å². The second-order valence-electron chi connectivity index (χ2n) is 3.08. The molecule has 13 heavy (non-hydrogen) atoms. The molecule has 1 atom stereocenters. The SMILES string of the molecule is O=C(CCCCBr)OC1CCCO1. The number of alkyl halides is 1. The van der Waals surface area contributed by atoms with E-state index in [2.05, 4.69) is 15.9 Å². The molecular formula is C9H15BrO3. The zero-order valence-corrected chi connectivity index (χ0v) is 9.22. The lowest BCUT2D eigenvalue weighted by Gasteiger charge is -2.10. The number of rotatable bonds is 5. The fourth-order valence-corrected chi connectivity index (χ4v) is 1.61. The first-order valence-corrected chi connectivity index (χ1v) is 5.82. The van der Waals surface area contributed by atoms with E-state index in [1.807, 2.05) is 0 Å². The Morgan fingerprint density at radius 2 is 2.38 bits per heavy atom. The number of hydrogen-bond donors (Lipinski definition) is 0. The van der Waals surface area contributed by atoms with Crippen LogP contribution in [0.1, 0.15) is 32.1 Å². The van der Waals surface area contributed by atoms with Crippen LogP contribution in [0.4, 0.5) is 0 Å². The van der Waals surface area contributed by atoms with Gasteiger partial charge in [0.25, 0.3) is 0 Å². The largest absolute Gasteiger partial charge is 0.436 e. The number of hydrogen-bond acceptors (Lipinski definition) is 3. The molecule has 0 aliphatic carbocycles. The fraction of sp³-hybridized carbons (Fsp3) is 0.889. The van der Waals surface area contributed by atoms with Gasteiger partial charge in [0.05, 0.1) is 6.61 Å². The summed E-state index contributed by atoms with van der Waals surface area (Å²) in [5.74, 6) is -0.132. The van der Waals surface area contributed by atoms with Gasteiger partial charge in [-0.05, 0) is 19.3 Å². The van der Waals surface area contributed by atoms with Gasteiger partial charge in [0.15, 0.2) is 0 Å². The summed E-state index contributed by atoms with van der Waals surface area (Å²) in [5.41, 5.74) is 0. The second kappa shape index (κ2) is 6.38. The normalized spacial score (nSPS) is 21.8. The molecule has 1 unspecified atom stereocenters. The lowest BCUT2D eigenvalue weighted by Crippen LogP contribution is -2.16. The number of unbranched alkanes of at least 4 members (excludes halogenated alkanes) is 1. The van der Waals surface area contributed by atoms with E-state index in [1.54, 1.807) is 0 Å². The van der Waals surface area contributed by atoms with Crippen LogP contribution in [0.5, 0.6) is 0 Å². The highest BCUT2D eigenvalue weighted by atomic mass is 79.9. The molecule has 1 aliphatic heterocycles. The highest BCUT2D eigenvalue weighted by Gasteiger charge is 2.19. The Balaban J connectivity index is 2.02. The summed E-state index contributed by atoms with van der Waals surface area (Å²) in [6.07, 6.45) is 3.99. The van der Waals surface area contributed by atoms with Crippen LogP contribution in [0, 0.1) is 0 Å². The second-order valence-corrected chi connectivity index (χ2v) is 3.87. The van der Waals surface area contributed by atoms with Gasteiger partial charge < -0.3 is 9.47 Å². The average Bonchev–Trinajstić information content (AvgIpc) is 2.57. The van der Waals surface area contributed by atoms with Crippen molar-refractivity contribution in [3.63, 3.8) is 0 Å². The Morgan fingerprint density at radius 3 is 3.00 bits per heavy atom. The van der Waals surface area contributed by atoms with Crippen LogP contribution in [0.2, 0.25) is 0 Å². The minimum atomic E-state index is -0.267. The number of esters is 1. The molecule has 0 saturated carbocycles. The third kappa shape index (κ3) is 4.62. The van der Waals surface area contributed by atoms with E-state index >= 15 is 0 Å². The van der Waals surface area contributed by atoms with E-state index in [4.69, 9.17) is 9.47 Å². The van der Waals surface area contributed by atoms with Crippen molar-refractivity contribution in [2.24, 2.45) is 0 Å². The lowest BCUT2D eigenvalue weighted by molar-refractivity contribution is -0.169. The maximum Gasteiger partial charge on any atom is 0.308 e. The zero-order valence-electron chi connectivity index (χ0n) is 7.63. The molecule has 4 heteroatoms. The van der Waals surface area contributed by atoms with E-state index < -0.39 is 0 Å².